The molecule has 3 heteroatoms. The van der Waals surface area contributed by atoms with E-state index in [1.54, 1.807) is 0 Å². The van der Waals surface area contributed by atoms with Gasteiger partial charge in [0.15, 0.2) is 0 Å². The maximum absolute atomic E-state index is 5.80. The van der Waals surface area contributed by atoms with Crippen LogP contribution in [0.3, 0.4) is 0 Å². The van der Waals surface area contributed by atoms with Gasteiger partial charge in [-0.1, -0.05) is 27.5 Å². The maximum Gasteiger partial charge on any atom is 0.0407 e. The van der Waals surface area contributed by atoms with E-state index in [-0.39, 0.29) is 0 Å². The molecule has 0 aliphatic heterocycles. The van der Waals surface area contributed by atoms with Crippen LogP contribution in [0.4, 0.5) is 11.4 Å². The van der Waals surface area contributed by atoms with Crippen LogP contribution in [0.2, 0.25) is 5.02 Å². The predicted octanol–water partition coefficient (Wildman–Crippen LogP) is 4.85. The van der Waals surface area contributed by atoms with E-state index in [9.17, 15) is 0 Å². The van der Waals surface area contributed by atoms with E-state index in [1.807, 2.05) is 48.5 Å². The number of halogens is 2. The van der Waals surface area contributed by atoms with E-state index in [0.717, 1.165) is 20.9 Å². The van der Waals surface area contributed by atoms with Gasteiger partial charge in [-0.15, -0.1) is 0 Å². The third-order valence-electron chi connectivity index (χ3n) is 1.98. The number of anilines is 2. The normalized spacial score (nSPS) is 10.0. The average molecular weight is 283 g/mol. The first kappa shape index (κ1) is 10.5. The summed E-state index contributed by atoms with van der Waals surface area (Å²) in [5.41, 5.74) is 2.09. The van der Waals surface area contributed by atoms with Gasteiger partial charge in [-0.3, -0.25) is 0 Å². The Kier molecular flexibility index (Phi) is 3.29. The van der Waals surface area contributed by atoms with Crippen molar-refractivity contribution in [3.05, 3.63) is 58.0 Å². The van der Waals surface area contributed by atoms with Crippen LogP contribution in [0.15, 0.2) is 53.0 Å². The molecule has 0 heterocycles. The molecule has 2 aromatic rings. The van der Waals surface area contributed by atoms with Gasteiger partial charge in [-0.2, -0.15) is 0 Å². The van der Waals surface area contributed by atoms with Crippen molar-refractivity contribution in [3.8, 4) is 0 Å². The quantitative estimate of drug-likeness (QED) is 0.830. The first-order valence-corrected chi connectivity index (χ1v) is 5.69. The Bertz CT molecular complexity index is 393. The highest BCUT2D eigenvalue weighted by molar-refractivity contribution is 9.10. The van der Waals surface area contributed by atoms with E-state index in [4.69, 9.17) is 11.6 Å². The lowest BCUT2D eigenvalue weighted by molar-refractivity contribution is 1.54. The second kappa shape index (κ2) is 4.69. The van der Waals surface area contributed by atoms with Gasteiger partial charge >= 0.3 is 0 Å². The number of hydrogen-bond acceptors (Lipinski definition) is 1. The fourth-order valence-corrected chi connectivity index (χ4v) is 1.62. The number of benzene rings is 2. The van der Waals surface area contributed by atoms with Crippen molar-refractivity contribution in [2.45, 2.75) is 0 Å². The molecule has 0 fully saturated rings. The Morgan fingerprint density at radius 3 is 1.80 bits per heavy atom. The summed E-state index contributed by atoms with van der Waals surface area (Å²) in [5, 5.41) is 4.03. The van der Waals surface area contributed by atoms with E-state index < -0.39 is 0 Å². The molecule has 0 aromatic heterocycles. The van der Waals surface area contributed by atoms with Crippen LogP contribution in [-0.4, -0.2) is 0 Å². The summed E-state index contributed by atoms with van der Waals surface area (Å²) in [5.74, 6) is 0. The molecule has 0 radical (unpaired) electrons. The van der Waals surface area contributed by atoms with Crippen molar-refractivity contribution in [1.82, 2.24) is 0 Å². The molecular weight excluding hydrogens is 273 g/mol. The first-order valence-electron chi connectivity index (χ1n) is 4.52. The number of rotatable bonds is 2. The number of nitrogens with one attached hydrogen (secondary N) is 1. The van der Waals surface area contributed by atoms with Gasteiger partial charge in [0.25, 0.3) is 0 Å². The molecule has 0 aliphatic rings. The second-order valence-electron chi connectivity index (χ2n) is 3.14. The van der Waals surface area contributed by atoms with Gasteiger partial charge in [0.05, 0.1) is 0 Å². The highest BCUT2D eigenvalue weighted by Gasteiger charge is 1.94. The summed E-state index contributed by atoms with van der Waals surface area (Å²) in [7, 11) is 0. The van der Waals surface area contributed by atoms with Gasteiger partial charge in [-0.05, 0) is 48.5 Å². The smallest absolute Gasteiger partial charge is 0.0407 e. The SMILES string of the molecule is Clc1ccc(Nc2ccc(Br)cc2)cc1. The summed E-state index contributed by atoms with van der Waals surface area (Å²) in [6, 6.07) is 15.6. The fraction of sp³-hybridized carbons (Fsp3) is 0. The Morgan fingerprint density at radius 1 is 0.800 bits per heavy atom. The minimum atomic E-state index is 0.747. The Balaban J connectivity index is 2.15. The molecule has 0 spiro atoms. The summed E-state index contributed by atoms with van der Waals surface area (Å²) < 4.78 is 1.07. The lowest BCUT2D eigenvalue weighted by Gasteiger charge is -2.06. The van der Waals surface area contributed by atoms with Crippen molar-refractivity contribution in [2.24, 2.45) is 0 Å². The fourth-order valence-electron chi connectivity index (χ4n) is 1.23. The zero-order valence-electron chi connectivity index (χ0n) is 7.87. The van der Waals surface area contributed by atoms with Gasteiger partial charge in [0, 0.05) is 20.9 Å². The summed E-state index contributed by atoms with van der Waals surface area (Å²) in [6.45, 7) is 0. The van der Waals surface area contributed by atoms with E-state index >= 15 is 0 Å². The van der Waals surface area contributed by atoms with Gasteiger partial charge in [-0.25, -0.2) is 0 Å². The molecule has 0 aliphatic carbocycles. The second-order valence-corrected chi connectivity index (χ2v) is 4.49. The lowest BCUT2D eigenvalue weighted by Crippen LogP contribution is -1.88. The van der Waals surface area contributed by atoms with E-state index in [2.05, 4.69) is 21.2 Å². The Morgan fingerprint density at radius 2 is 1.27 bits per heavy atom. The zero-order chi connectivity index (χ0) is 10.7. The van der Waals surface area contributed by atoms with Crippen LogP contribution in [-0.2, 0) is 0 Å². The first-order chi connectivity index (χ1) is 7.24. The van der Waals surface area contributed by atoms with Crippen LogP contribution >= 0.6 is 27.5 Å². The molecule has 0 bridgehead atoms. The average Bonchev–Trinajstić information content (AvgIpc) is 2.25. The molecule has 2 rings (SSSR count). The highest BCUT2D eigenvalue weighted by atomic mass is 79.9. The Hall–Kier alpha value is -0.990. The molecule has 0 saturated carbocycles. The molecule has 0 saturated heterocycles. The van der Waals surface area contributed by atoms with Crippen LogP contribution in [0.5, 0.6) is 0 Å². The molecule has 2 aromatic carbocycles. The molecular formula is C12H9BrClN. The molecule has 15 heavy (non-hydrogen) atoms. The van der Waals surface area contributed by atoms with Crippen molar-refractivity contribution in [3.63, 3.8) is 0 Å². The van der Waals surface area contributed by atoms with Crippen molar-refractivity contribution < 1.29 is 0 Å². The molecule has 0 unspecified atom stereocenters. The summed E-state index contributed by atoms with van der Waals surface area (Å²) >= 11 is 9.20. The largest absolute Gasteiger partial charge is 0.356 e. The number of hydrogen-bond donors (Lipinski definition) is 1. The minimum absolute atomic E-state index is 0.747. The van der Waals surface area contributed by atoms with Crippen LogP contribution in [0.1, 0.15) is 0 Å². The summed E-state index contributed by atoms with van der Waals surface area (Å²) in [4.78, 5) is 0. The van der Waals surface area contributed by atoms with E-state index in [0.29, 0.717) is 0 Å². The van der Waals surface area contributed by atoms with Crippen molar-refractivity contribution in [1.29, 1.82) is 0 Å². The molecule has 0 atom stereocenters. The zero-order valence-corrected chi connectivity index (χ0v) is 10.2. The standard InChI is InChI=1S/C12H9BrClN/c13-9-1-5-11(6-2-9)15-12-7-3-10(14)4-8-12/h1-8,15H. The van der Waals surface area contributed by atoms with Gasteiger partial charge in [0.1, 0.15) is 0 Å². The minimum Gasteiger partial charge on any atom is -0.356 e. The predicted molar refractivity (Wildman–Crippen MR) is 68.9 cm³/mol. The van der Waals surface area contributed by atoms with Gasteiger partial charge < -0.3 is 5.32 Å². The molecule has 0 amide bonds. The van der Waals surface area contributed by atoms with Crippen LogP contribution in [0.25, 0.3) is 0 Å². The molecule has 76 valence electrons. The lowest BCUT2D eigenvalue weighted by atomic mass is 10.3. The van der Waals surface area contributed by atoms with Crippen LogP contribution in [0, 0.1) is 0 Å². The third-order valence-corrected chi connectivity index (χ3v) is 2.76. The van der Waals surface area contributed by atoms with Gasteiger partial charge in [0.2, 0.25) is 0 Å². The summed E-state index contributed by atoms with van der Waals surface area (Å²) in [6.07, 6.45) is 0. The topological polar surface area (TPSA) is 12.0 Å². The molecule has 1 nitrogen and oxygen atoms in total. The van der Waals surface area contributed by atoms with E-state index in [1.165, 1.54) is 0 Å². The maximum atomic E-state index is 5.80. The molecule has 1 N–H and O–H groups in total. The van der Waals surface area contributed by atoms with Crippen molar-refractivity contribution in [2.75, 3.05) is 5.32 Å². The van der Waals surface area contributed by atoms with Crippen molar-refractivity contribution >= 4 is 38.9 Å². The Labute approximate surface area is 102 Å². The van der Waals surface area contributed by atoms with Crippen LogP contribution < -0.4 is 5.32 Å². The third kappa shape index (κ3) is 2.98. The monoisotopic (exact) mass is 281 g/mol. The highest BCUT2D eigenvalue weighted by Crippen LogP contribution is 2.20.